The van der Waals surface area contributed by atoms with Crippen molar-refractivity contribution in [1.29, 1.82) is 0 Å². The van der Waals surface area contributed by atoms with E-state index in [-0.39, 0.29) is 0 Å². The van der Waals surface area contributed by atoms with E-state index in [0.717, 1.165) is 12.8 Å². The molecule has 0 aromatic heterocycles. The van der Waals surface area contributed by atoms with Gasteiger partial charge >= 0.3 is 5.97 Å². The van der Waals surface area contributed by atoms with Gasteiger partial charge in [0.2, 0.25) is 0 Å². The van der Waals surface area contributed by atoms with Crippen molar-refractivity contribution in [3.8, 4) is 0 Å². The number of nitrogens with one attached hydrogen (secondary N) is 1. The van der Waals surface area contributed by atoms with Crippen molar-refractivity contribution >= 4 is 22.4 Å². The number of rotatable bonds is 7. The van der Waals surface area contributed by atoms with Gasteiger partial charge in [-0.25, -0.2) is 0 Å². The molecule has 2 rings (SSSR count). The molecule has 0 radical (unpaired) electrons. The predicted octanol–water partition coefficient (Wildman–Crippen LogP) is 5.31. The van der Waals surface area contributed by atoms with Gasteiger partial charge in [-0.05, 0) is 17.9 Å². The summed E-state index contributed by atoms with van der Waals surface area (Å²) in [7, 11) is 1.95. The van der Waals surface area contributed by atoms with Gasteiger partial charge < -0.3 is 10.4 Å². The van der Waals surface area contributed by atoms with E-state index in [2.05, 4.69) is 54.7 Å². The second-order valence-electron chi connectivity index (χ2n) is 5.33. The van der Waals surface area contributed by atoms with Crippen LogP contribution < -0.4 is 5.32 Å². The molecule has 0 unspecified atom stereocenters. The second kappa shape index (κ2) is 10.7. The van der Waals surface area contributed by atoms with Gasteiger partial charge in [0, 0.05) is 24.5 Å². The largest absolute Gasteiger partial charge is 0.481 e. The molecule has 0 spiro atoms. The molecule has 0 amide bonds. The minimum absolute atomic E-state index is 0.337. The van der Waals surface area contributed by atoms with Gasteiger partial charge in [-0.15, -0.1) is 0 Å². The number of carboxylic acid groups (broad SMARTS) is 1. The van der Waals surface area contributed by atoms with Crippen molar-refractivity contribution in [1.82, 2.24) is 0 Å². The van der Waals surface area contributed by atoms with Crippen molar-refractivity contribution in [3.05, 3.63) is 42.5 Å². The van der Waals surface area contributed by atoms with Crippen LogP contribution in [0.15, 0.2) is 42.5 Å². The summed E-state index contributed by atoms with van der Waals surface area (Å²) in [5, 5.41) is 14.0. The zero-order chi connectivity index (χ0) is 16.2. The molecule has 3 nitrogen and oxygen atoms in total. The quantitative estimate of drug-likeness (QED) is 0.681. The zero-order valence-corrected chi connectivity index (χ0v) is 13.6. The van der Waals surface area contributed by atoms with Crippen LogP contribution in [0, 0.1) is 0 Å². The maximum atomic E-state index is 10.0. The highest BCUT2D eigenvalue weighted by Gasteiger charge is 1.95. The van der Waals surface area contributed by atoms with Crippen LogP contribution in [-0.2, 0) is 4.79 Å². The van der Waals surface area contributed by atoms with Crippen LogP contribution in [0.1, 0.15) is 45.4 Å². The lowest BCUT2D eigenvalue weighted by Crippen LogP contribution is -1.93. The number of hydrogen-bond acceptors (Lipinski definition) is 2. The van der Waals surface area contributed by atoms with Crippen molar-refractivity contribution in [2.45, 2.75) is 45.4 Å². The van der Waals surface area contributed by atoms with Crippen LogP contribution in [0.5, 0.6) is 0 Å². The molecule has 0 aliphatic rings. The van der Waals surface area contributed by atoms with Gasteiger partial charge in [0.1, 0.15) is 0 Å². The summed E-state index contributed by atoms with van der Waals surface area (Å²) < 4.78 is 0. The highest BCUT2D eigenvalue weighted by Crippen LogP contribution is 2.21. The van der Waals surface area contributed by atoms with Crippen LogP contribution in [0.2, 0.25) is 0 Å². The lowest BCUT2D eigenvalue weighted by Gasteiger charge is -2.04. The first-order valence-electron chi connectivity index (χ1n) is 8.06. The van der Waals surface area contributed by atoms with E-state index in [0.29, 0.717) is 6.42 Å². The lowest BCUT2D eigenvalue weighted by molar-refractivity contribution is -0.137. The molecule has 0 bridgehead atoms. The Morgan fingerprint density at radius 2 is 1.68 bits per heavy atom. The summed E-state index contributed by atoms with van der Waals surface area (Å²) in [5.41, 5.74) is 1.19. The Balaban J connectivity index is 0.000000225. The normalized spacial score (nSPS) is 9.91. The first-order chi connectivity index (χ1) is 10.7. The fraction of sp³-hybridized carbons (Fsp3) is 0.421. The van der Waals surface area contributed by atoms with Crippen LogP contribution in [-0.4, -0.2) is 18.1 Å². The molecule has 0 atom stereocenters. The van der Waals surface area contributed by atoms with Crippen molar-refractivity contribution in [2.24, 2.45) is 0 Å². The van der Waals surface area contributed by atoms with E-state index < -0.39 is 5.97 Å². The maximum absolute atomic E-state index is 10.0. The second-order valence-corrected chi connectivity index (χ2v) is 5.33. The van der Waals surface area contributed by atoms with Gasteiger partial charge in [0.25, 0.3) is 0 Å². The molecule has 2 N–H and O–H groups in total. The van der Waals surface area contributed by atoms with Crippen LogP contribution >= 0.6 is 0 Å². The predicted molar refractivity (Wildman–Crippen MR) is 94.5 cm³/mol. The van der Waals surface area contributed by atoms with Crippen molar-refractivity contribution < 1.29 is 9.90 Å². The number of hydrogen-bond donors (Lipinski definition) is 2. The third-order valence-corrected chi connectivity index (χ3v) is 3.55. The van der Waals surface area contributed by atoms with Crippen LogP contribution in [0.3, 0.4) is 0 Å². The number of unbranched alkanes of at least 4 members (excludes halogenated alkanes) is 4. The van der Waals surface area contributed by atoms with E-state index >= 15 is 0 Å². The molecule has 0 aliphatic carbocycles. The van der Waals surface area contributed by atoms with E-state index in [9.17, 15) is 4.79 Å². The fourth-order valence-corrected chi connectivity index (χ4v) is 2.32. The Kier molecular flexibility index (Phi) is 8.73. The summed E-state index contributed by atoms with van der Waals surface area (Å²) >= 11 is 0. The van der Waals surface area contributed by atoms with Gasteiger partial charge in [-0.2, -0.15) is 0 Å². The Hall–Kier alpha value is -2.03. The number of aliphatic carboxylic acids is 1. The number of benzene rings is 2. The fourth-order valence-electron chi connectivity index (χ4n) is 2.32. The summed E-state index contributed by atoms with van der Waals surface area (Å²) in [6.45, 7) is 2.15. The minimum atomic E-state index is -0.670. The third kappa shape index (κ3) is 6.61. The molecule has 2 aromatic carbocycles. The van der Waals surface area contributed by atoms with Crippen molar-refractivity contribution in [3.63, 3.8) is 0 Å². The molecule has 0 saturated carbocycles. The molecule has 2 aromatic rings. The van der Waals surface area contributed by atoms with E-state index in [1.807, 2.05) is 7.05 Å². The smallest absolute Gasteiger partial charge is 0.303 e. The Bertz CT molecular complexity index is 561. The number of carbonyl (C=O) groups is 1. The summed E-state index contributed by atoms with van der Waals surface area (Å²) in [4.78, 5) is 10.0. The van der Waals surface area contributed by atoms with Gasteiger partial charge in [-0.1, -0.05) is 69.0 Å². The van der Waals surface area contributed by atoms with E-state index in [4.69, 9.17) is 5.11 Å². The molecule has 0 fully saturated rings. The summed E-state index contributed by atoms with van der Waals surface area (Å²) in [6, 6.07) is 14.6. The first kappa shape index (κ1) is 18.0. The SMILES string of the molecule is CCCCCCCC(=O)O.CNc1cccc2ccccc12. The monoisotopic (exact) mass is 301 g/mol. The minimum Gasteiger partial charge on any atom is -0.481 e. The van der Waals surface area contributed by atoms with Crippen LogP contribution in [0.4, 0.5) is 5.69 Å². The van der Waals surface area contributed by atoms with Crippen LogP contribution in [0.25, 0.3) is 10.8 Å². The van der Waals surface area contributed by atoms with Gasteiger partial charge in [0.05, 0.1) is 0 Å². The molecule has 0 aliphatic heterocycles. The average molecular weight is 301 g/mol. The molecule has 0 heterocycles. The number of fused-ring (bicyclic) bond motifs is 1. The summed E-state index contributed by atoms with van der Waals surface area (Å²) in [5.74, 6) is -0.670. The lowest BCUT2D eigenvalue weighted by atomic mass is 10.1. The Morgan fingerprint density at radius 1 is 1.00 bits per heavy atom. The number of carboxylic acids is 1. The highest BCUT2D eigenvalue weighted by atomic mass is 16.4. The van der Waals surface area contributed by atoms with E-state index in [1.54, 1.807) is 0 Å². The number of anilines is 1. The Morgan fingerprint density at radius 3 is 2.36 bits per heavy atom. The van der Waals surface area contributed by atoms with E-state index in [1.165, 1.54) is 35.7 Å². The highest BCUT2D eigenvalue weighted by molar-refractivity contribution is 5.93. The molecular formula is C19H27NO2. The Labute approximate surface area is 133 Å². The molecular weight excluding hydrogens is 274 g/mol. The van der Waals surface area contributed by atoms with Gasteiger partial charge in [0.15, 0.2) is 0 Å². The third-order valence-electron chi connectivity index (χ3n) is 3.55. The molecule has 0 saturated heterocycles. The maximum Gasteiger partial charge on any atom is 0.303 e. The summed E-state index contributed by atoms with van der Waals surface area (Å²) in [6.07, 6.45) is 5.88. The first-order valence-corrected chi connectivity index (χ1v) is 8.06. The molecule has 22 heavy (non-hydrogen) atoms. The zero-order valence-electron chi connectivity index (χ0n) is 13.6. The van der Waals surface area contributed by atoms with Crippen molar-refractivity contribution in [2.75, 3.05) is 12.4 Å². The topological polar surface area (TPSA) is 49.3 Å². The molecule has 3 heteroatoms. The standard InChI is InChI=1S/C11H11N.C8H16O2/c1-12-11-8-4-6-9-5-2-3-7-10(9)11;1-2-3-4-5-6-7-8(9)10/h2-8,12H,1H3;2-7H2,1H3,(H,9,10). The average Bonchev–Trinajstić information content (AvgIpc) is 2.54. The molecule has 120 valence electrons. The van der Waals surface area contributed by atoms with Gasteiger partial charge in [-0.3, -0.25) is 4.79 Å².